The van der Waals surface area contributed by atoms with Crippen LogP contribution in [0.3, 0.4) is 0 Å². The molecule has 0 aliphatic carbocycles. The van der Waals surface area contributed by atoms with Crippen LogP contribution in [0.1, 0.15) is 36.5 Å². The highest BCUT2D eigenvalue weighted by molar-refractivity contribution is 5.98. The average Bonchev–Trinajstić information content (AvgIpc) is 2.58. The first-order valence-electron chi connectivity index (χ1n) is 7.78. The first-order chi connectivity index (χ1) is 11.5. The van der Waals surface area contributed by atoms with Gasteiger partial charge in [-0.05, 0) is 25.1 Å². The summed E-state index contributed by atoms with van der Waals surface area (Å²) in [5, 5.41) is 2.67. The van der Waals surface area contributed by atoms with Gasteiger partial charge in [-0.3, -0.25) is 14.4 Å². The second kappa shape index (κ2) is 8.33. The minimum atomic E-state index is -0.393. The standard InChI is InChI=1S/C17H21NO6/c1-11(9-17(21)22-2)18-16(20)6-4-13(19)12-3-5-14-15(10-12)24-8-7-23-14/h3,5,10-11H,4,6-9H2,1-2H3,(H,18,20)/t11-/m1/s1. The maximum absolute atomic E-state index is 12.2. The Balaban J connectivity index is 1.82. The second-order valence-electron chi connectivity index (χ2n) is 5.53. The lowest BCUT2D eigenvalue weighted by Crippen LogP contribution is -2.34. The Bertz CT molecular complexity index is 628. The van der Waals surface area contributed by atoms with Crippen molar-refractivity contribution in [1.29, 1.82) is 0 Å². The molecular formula is C17H21NO6. The first kappa shape index (κ1) is 17.8. The third kappa shape index (κ3) is 4.97. The van der Waals surface area contributed by atoms with Gasteiger partial charge in [0.05, 0.1) is 13.5 Å². The van der Waals surface area contributed by atoms with Gasteiger partial charge in [-0.2, -0.15) is 0 Å². The fourth-order valence-corrected chi connectivity index (χ4v) is 2.32. The molecule has 1 heterocycles. The van der Waals surface area contributed by atoms with Crippen molar-refractivity contribution in [2.75, 3.05) is 20.3 Å². The van der Waals surface area contributed by atoms with Crippen LogP contribution < -0.4 is 14.8 Å². The molecule has 7 nitrogen and oxygen atoms in total. The molecule has 0 radical (unpaired) electrons. The van der Waals surface area contributed by atoms with Gasteiger partial charge in [0.15, 0.2) is 17.3 Å². The van der Waals surface area contributed by atoms with Crippen LogP contribution in [0.5, 0.6) is 11.5 Å². The van der Waals surface area contributed by atoms with Crippen LogP contribution in [-0.2, 0) is 14.3 Å². The van der Waals surface area contributed by atoms with E-state index in [2.05, 4.69) is 10.1 Å². The monoisotopic (exact) mass is 335 g/mol. The number of amides is 1. The van der Waals surface area contributed by atoms with Gasteiger partial charge in [0.1, 0.15) is 13.2 Å². The number of nitrogens with one attached hydrogen (secondary N) is 1. The van der Waals surface area contributed by atoms with E-state index in [9.17, 15) is 14.4 Å². The third-order valence-electron chi connectivity index (χ3n) is 3.55. The Morgan fingerprint density at radius 1 is 1.17 bits per heavy atom. The van der Waals surface area contributed by atoms with Gasteiger partial charge in [-0.15, -0.1) is 0 Å². The van der Waals surface area contributed by atoms with Crippen molar-refractivity contribution in [2.24, 2.45) is 0 Å². The highest BCUT2D eigenvalue weighted by Gasteiger charge is 2.17. The lowest BCUT2D eigenvalue weighted by atomic mass is 10.1. The summed E-state index contributed by atoms with van der Waals surface area (Å²) in [6.45, 7) is 2.65. The van der Waals surface area contributed by atoms with Crippen LogP contribution in [0.2, 0.25) is 0 Å². The summed E-state index contributed by atoms with van der Waals surface area (Å²) in [5.74, 6) is 0.339. The van der Waals surface area contributed by atoms with Crippen molar-refractivity contribution in [3.05, 3.63) is 23.8 Å². The van der Waals surface area contributed by atoms with Gasteiger partial charge in [0.25, 0.3) is 0 Å². The normalized spacial score (nSPS) is 13.8. The molecule has 1 aromatic rings. The topological polar surface area (TPSA) is 90.9 Å². The van der Waals surface area contributed by atoms with E-state index < -0.39 is 5.97 Å². The highest BCUT2D eigenvalue weighted by atomic mass is 16.6. The molecule has 2 rings (SSSR count). The Morgan fingerprint density at radius 2 is 1.88 bits per heavy atom. The van der Waals surface area contributed by atoms with E-state index in [0.717, 1.165) is 0 Å². The Hall–Kier alpha value is -2.57. The quantitative estimate of drug-likeness (QED) is 0.600. The molecule has 0 aromatic heterocycles. The smallest absolute Gasteiger partial charge is 0.307 e. The number of carbonyl (C=O) groups excluding carboxylic acids is 3. The summed E-state index contributed by atoms with van der Waals surface area (Å²) in [5.41, 5.74) is 0.481. The summed E-state index contributed by atoms with van der Waals surface area (Å²) < 4.78 is 15.4. The largest absolute Gasteiger partial charge is 0.486 e. The van der Waals surface area contributed by atoms with Gasteiger partial charge in [-0.25, -0.2) is 0 Å². The van der Waals surface area contributed by atoms with E-state index in [-0.39, 0.29) is 37.0 Å². The van der Waals surface area contributed by atoms with Gasteiger partial charge in [-0.1, -0.05) is 0 Å². The van der Waals surface area contributed by atoms with Gasteiger partial charge < -0.3 is 19.5 Å². The van der Waals surface area contributed by atoms with Gasteiger partial charge in [0, 0.05) is 24.4 Å². The molecule has 1 amide bonds. The predicted octanol–water partition coefficient (Wildman–Crippen LogP) is 1.49. The zero-order valence-electron chi connectivity index (χ0n) is 13.8. The summed E-state index contributed by atoms with van der Waals surface area (Å²) >= 11 is 0. The first-order valence-corrected chi connectivity index (χ1v) is 7.78. The number of benzene rings is 1. The molecule has 1 aromatic carbocycles. The van der Waals surface area contributed by atoms with E-state index in [1.165, 1.54) is 7.11 Å². The SMILES string of the molecule is COC(=O)C[C@@H](C)NC(=O)CCC(=O)c1ccc2c(c1)OCCO2. The zero-order valence-corrected chi connectivity index (χ0v) is 13.8. The molecule has 0 saturated heterocycles. The number of ether oxygens (including phenoxy) is 3. The van der Waals surface area contributed by atoms with Crippen LogP contribution >= 0.6 is 0 Å². The number of fused-ring (bicyclic) bond motifs is 1. The summed E-state index contributed by atoms with van der Waals surface area (Å²) in [6.07, 6.45) is 0.230. The lowest BCUT2D eigenvalue weighted by molar-refractivity contribution is -0.141. The molecule has 0 fully saturated rings. The Labute approximate surface area is 140 Å². The second-order valence-corrected chi connectivity index (χ2v) is 5.53. The predicted molar refractivity (Wildman–Crippen MR) is 85.2 cm³/mol. The molecule has 130 valence electrons. The molecule has 0 bridgehead atoms. The maximum Gasteiger partial charge on any atom is 0.307 e. The van der Waals surface area contributed by atoms with Crippen molar-refractivity contribution >= 4 is 17.7 Å². The summed E-state index contributed by atoms with van der Waals surface area (Å²) in [7, 11) is 1.29. The van der Waals surface area contributed by atoms with Crippen molar-refractivity contribution in [2.45, 2.75) is 32.2 Å². The van der Waals surface area contributed by atoms with E-state index in [1.807, 2.05) is 0 Å². The van der Waals surface area contributed by atoms with Gasteiger partial charge in [0.2, 0.25) is 5.91 Å². The van der Waals surface area contributed by atoms with E-state index in [0.29, 0.717) is 30.3 Å². The summed E-state index contributed by atoms with van der Waals surface area (Å²) in [6, 6.07) is 4.65. The van der Waals surface area contributed by atoms with Crippen LogP contribution in [0.4, 0.5) is 0 Å². The minimum absolute atomic E-state index is 0.0544. The van der Waals surface area contributed by atoms with E-state index >= 15 is 0 Å². The number of rotatable bonds is 7. The minimum Gasteiger partial charge on any atom is -0.486 e. The Morgan fingerprint density at radius 3 is 2.58 bits per heavy atom. The average molecular weight is 335 g/mol. The molecule has 7 heteroatoms. The number of hydrogen-bond acceptors (Lipinski definition) is 6. The molecule has 1 atom stereocenters. The highest BCUT2D eigenvalue weighted by Crippen LogP contribution is 2.31. The molecular weight excluding hydrogens is 314 g/mol. The van der Waals surface area contributed by atoms with E-state index in [1.54, 1.807) is 25.1 Å². The molecule has 1 aliphatic rings. The van der Waals surface area contributed by atoms with Gasteiger partial charge >= 0.3 is 5.97 Å². The van der Waals surface area contributed by atoms with E-state index in [4.69, 9.17) is 9.47 Å². The molecule has 0 unspecified atom stereocenters. The number of Topliss-reactive ketones (excluding diaryl/α,β-unsaturated/α-hetero) is 1. The molecule has 24 heavy (non-hydrogen) atoms. The molecule has 0 spiro atoms. The van der Waals surface area contributed by atoms with Crippen LogP contribution in [-0.4, -0.2) is 44.0 Å². The molecule has 1 aliphatic heterocycles. The number of esters is 1. The van der Waals surface area contributed by atoms with Crippen molar-refractivity contribution in [1.82, 2.24) is 5.32 Å². The van der Waals surface area contributed by atoms with Crippen molar-refractivity contribution < 1.29 is 28.6 Å². The molecule has 0 saturated carbocycles. The fraction of sp³-hybridized carbons (Fsp3) is 0.471. The van der Waals surface area contributed by atoms with Crippen molar-refractivity contribution in [3.8, 4) is 11.5 Å². The molecule has 1 N–H and O–H groups in total. The maximum atomic E-state index is 12.2. The summed E-state index contributed by atoms with van der Waals surface area (Å²) in [4.78, 5) is 35.1. The van der Waals surface area contributed by atoms with Crippen LogP contribution in [0, 0.1) is 0 Å². The number of methoxy groups -OCH3 is 1. The number of ketones is 1. The lowest BCUT2D eigenvalue weighted by Gasteiger charge is -2.18. The van der Waals surface area contributed by atoms with Crippen LogP contribution in [0.15, 0.2) is 18.2 Å². The number of carbonyl (C=O) groups is 3. The Kier molecular flexibility index (Phi) is 6.17. The zero-order chi connectivity index (χ0) is 17.5. The van der Waals surface area contributed by atoms with Crippen LogP contribution in [0.25, 0.3) is 0 Å². The fourth-order valence-electron chi connectivity index (χ4n) is 2.32. The number of hydrogen-bond donors (Lipinski definition) is 1. The van der Waals surface area contributed by atoms with Crippen molar-refractivity contribution in [3.63, 3.8) is 0 Å². The third-order valence-corrected chi connectivity index (χ3v) is 3.55.